The number of aromatic nitrogens is 1. The quantitative estimate of drug-likeness (QED) is 0.446. The van der Waals surface area contributed by atoms with Crippen molar-refractivity contribution < 1.29 is 10.0 Å². The number of nitro groups is 1. The van der Waals surface area contributed by atoms with Crippen molar-refractivity contribution in [3.8, 4) is 0 Å². The first-order chi connectivity index (χ1) is 6.56. The lowest BCUT2D eigenvalue weighted by Gasteiger charge is -2.09. The molecule has 1 heterocycles. The number of anilines is 1. The van der Waals surface area contributed by atoms with Gasteiger partial charge in [0.2, 0.25) is 0 Å². The summed E-state index contributed by atoms with van der Waals surface area (Å²) >= 11 is 0. The van der Waals surface area contributed by atoms with Gasteiger partial charge in [-0.05, 0) is 0 Å². The van der Waals surface area contributed by atoms with Gasteiger partial charge in [-0.25, -0.2) is 0 Å². The summed E-state index contributed by atoms with van der Waals surface area (Å²) in [4.78, 5) is 13.5. The molecular weight excluding hydrogens is 188 g/mol. The average Bonchev–Trinajstić information content (AvgIpc) is 2.16. The van der Waals surface area contributed by atoms with Gasteiger partial charge in [-0.1, -0.05) is 0 Å². The number of hydrogen-bond acceptors (Lipinski definition) is 6. The first-order valence-electron chi connectivity index (χ1n) is 3.82. The zero-order valence-corrected chi connectivity index (χ0v) is 7.25. The molecule has 76 valence electrons. The molecule has 7 nitrogen and oxygen atoms in total. The molecular formula is C7H10N4O3. The lowest BCUT2D eigenvalue weighted by molar-refractivity contribution is -0.385. The molecule has 1 unspecified atom stereocenters. The van der Waals surface area contributed by atoms with Crippen LogP contribution >= 0.6 is 0 Å². The Hall–Kier alpha value is -1.73. The largest absolute Gasteiger partial charge is 0.397 e. The standard InChI is InChI=1S/C7H10N4O3/c8-5-1-4(11(13)14)2-10-7(5)6(9)3-12/h1-2,6,12H,3,8-9H2. The van der Waals surface area contributed by atoms with Gasteiger partial charge in [0.25, 0.3) is 5.69 Å². The third kappa shape index (κ3) is 1.95. The van der Waals surface area contributed by atoms with Gasteiger partial charge in [0.1, 0.15) is 6.20 Å². The van der Waals surface area contributed by atoms with Crippen molar-refractivity contribution in [2.45, 2.75) is 6.04 Å². The van der Waals surface area contributed by atoms with Gasteiger partial charge in [0.15, 0.2) is 0 Å². The molecule has 5 N–H and O–H groups in total. The summed E-state index contributed by atoms with van der Waals surface area (Å²) < 4.78 is 0. The van der Waals surface area contributed by atoms with E-state index in [2.05, 4.69) is 4.98 Å². The molecule has 0 fully saturated rings. The molecule has 1 aromatic rings. The van der Waals surface area contributed by atoms with Crippen LogP contribution in [0, 0.1) is 10.1 Å². The third-order valence-electron chi connectivity index (χ3n) is 1.69. The van der Waals surface area contributed by atoms with E-state index in [4.69, 9.17) is 16.6 Å². The van der Waals surface area contributed by atoms with Gasteiger partial charge in [0.05, 0.1) is 29.0 Å². The van der Waals surface area contributed by atoms with E-state index in [1.165, 1.54) is 0 Å². The number of hydrogen-bond donors (Lipinski definition) is 3. The van der Waals surface area contributed by atoms with E-state index in [1.807, 2.05) is 0 Å². The molecule has 1 aromatic heterocycles. The fourth-order valence-electron chi connectivity index (χ4n) is 0.977. The van der Waals surface area contributed by atoms with Crippen LogP contribution in [0.1, 0.15) is 11.7 Å². The number of aliphatic hydroxyl groups is 1. The highest BCUT2D eigenvalue weighted by Gasteiger charge is 2.14. The highest BCUT2D eigenvalue weighted by Crippen LogP contribution is 2.20. The molecule has 1 rings (SSSR count). The molecule has 1 atom stereocenters. The number of nitrogens with two attached hydrogens (primary N) is 2. The second-order valence-corrected chi connectivity index (χ2v) is 2.71. The number of nitrogen functional groups attached to an aromatic ring is 1. The predicted octanol–water partition coefficient (Wildman–Crippen LogP) is -0.436. The monoisotopic (exact) mass is 198 g/mol. The Balaban J connectivity index is 3.07. The minimum Gasteiger partial charge on any atom is -0.397 e. The van der Waals surface area contributed by atoms with Gasteiger partial charge >= 0.3 is 0 Å². The predicted molar refractivity (Wildman–Crippen MR) is 49.3 cm³/mol. The topological polar surface area (TPSA) is 128 Å². The van der Waals surface area contributed by atoms with E-state index in [0.29, 0.717) is 0 Å². The first-order valence-corrected chi connectivity index (χ1v) is 3.82. The van der Waals surface area contributed by atoms with E-state index >= 15 is 0 Å². The summed E-state index contributed by atoms with van der Waals surface area (Å²) in [5.41, 5.74) is 11.1. The minimum atomic E-state index is -0.712. The molecule has 0 spiro atoms. The highest BCUT2D eigenvalue weighted by atomic mass is 16.6. The van der Waals surface area contributed by atoms with Gasteiger partial charge in [-0.15, -0.1) is 0 Å². The van der Waals surface area contributed by atoms with Crippen LogP contribution in [0.3, 0.4) is 0 Å². The summed E-state index contributed by atoms with van der Waals surface area (Å²) in [6.45, 7) is -0.311. The lowest BCUT2D eigenvalue weighted by Crippen LogP contribution is -2.18. The van der Waals surface area contributed by atoms with E-state index in [9.17, 15) is 10.1 Å². The van der Waals surface area contributed by atoms with Gasteiger partial charge in [-0.3, -0.25) is 15.1 Å². The second-order valence-electron chi connectivity index (χ2n) is 2.71. The summed E-state index contributed by atoms with van der Waals surface area (Å²) in [6.07, 6.45) is 1.06. The fraction of sp³-hybridized carbons (Fsp3) is 0.286. The zero-order chi connectivity index (χ0) is 10.7. The Labute approximate surface area is 79.5 Å². The molecule has 0 aromatic carbocycles. The van der Waals surface area contributed by atoms with E-state index < -0.39 is 11.0 Å². The number of rotatable bonds is 3. The van der Waals surface area contributed by atoms with Crippen LogP contribution in [-0.2, 0) is 0 Å². The van der Waals surface area contributed by atoms with Crippen molar-refractivity contribution in [1.29, 1.82) is 0 Å². The molecule has 0 aliphatic rings. The highest BCUT2D eigenvalue weighted by molar-refractivity contribution is 5.50. The minimum absolute atomic E-state index is 0.112. The smallest absolute Gasteiger partial charge is 0.289 e. The number of pyridine rings is 1. The van der Waals surface area contributed by atoms with Crippen LogP contribution in [0.15, 0.2) is 12.3 Å². The average molecular weight is 198 g/mol. The van der Waals surface area contributed by atoms with E-state index in [0.717, 1.165) is 12.3 Å². The Kier molecular flexibility index (Phi) is 2.95. The SMILES string of the molecule is Nc1cc([N+](=O)[O-])cnc1C(N)CO. The van der Waals surface area contributed by atoms with Gasteiger partial charge in [-0.2, -0.15) is 0 Å². The maximum Gasteiger partial charge on any atom is 0.289 e. The fourth-order valence-corrected chi connectivity index (χ4v) is 0.977. The van der Waals surface area contributed by atoms with Crippen molar-refractivity contribution in [2.24, 2.45) is 5.73 Å². The lowest BCUT2D eigenvalue weighted by atomic mass is 10.2. The maximum atomic E-state index is 10.3. The summed E-state index contributed by atoms with van der Waals surface area (Å²) in [6, 6.07) is 0.452. The van der Waals surface area contributed by atoms with Crippen molar-refractivity contribution in [2.75, 3.05) is 12.3 Å². The Morgan fingerprint density at radius 1 is 1.71 bits per heavy atom. The van der Waals surface area contributed by atoms with Crippen LogP contribution in [0.2, 0.25) is 0 Å². The van der Waals surface area contributed by atoms with Crippen LogP contribution in [0.4, 0.5) is 11.4 Å². The van der Waals surface area contributed by atoms with Crippen LogP contribution in [-0.4, -0.2) is 21.6 Å². The Morgan fingerprint density at radius 3 is 2.79 bits per heavy atom. The van der Waals surface area contributed by atoms with E-state index in [-0.39, 0.29) is 23.7 Å². The Morgan fingerprint density at radius 2 is 2.36 bits per heavy atom. The molecule has 14 heavy (non-hydrogen) atoms. The van der Waals surface area contributed by atoms with Crippen molar-refractivity contribution >= 4 is 11.4 Å². The van der Waals surface area contributed by atoms with Crippen molar-refractivity contribution in [3.05, 3.63) is 28.1 Å². The van der Waals surface area contributed by atoms with Crippen LogP contribution in [0.25, 0.3) is 0 Å². The molecule has 0 saturated carbocycles. The summed E-state index contributed by atoms with van der Waals surface area (Å²) in [5.74, 6) is 0. The normalized spacial score (nSPS) is 12.4. The van der Waals surface area contributed by atoms with Gasteiger partial charge < -0.3 is 16.6 Å². The molecule has 0 bridgehead atoms. The molecule has 0 aliphatic heterocycles. The van der Waals surface area contributed by atoms with Crippen molar-refractivity contribution in [3.63, 3.8) is 0 Å². The summed E-state index contributed by atoms with van der Waals surface area (Å²) in [5, 5.41) is 19.1. The summed E-state index contributed by atoms with van der Waals surface area (Å²) in [7, 11) is 0. The zero-order valence-electron chi connectivity index (χ0n) is 7.25. The number of nitrogens with zero attached hydrogens (tertiary/aromatic N) is 2. The van der Waals surface area contributed by atoms with Crippen LogP contribution in [0.5, 0.6) is 0 Å². The van der Waals surface area contributed by atoms with Crippen molar-refractivity contribution in [1.82, 2.24) is 4.98 Å². The molecule has 0 amide bonds. The molecule has 7 heteroatoms. The van der Waals surface area contributed by atoms with Gasteiger partial charge in [0, 0.05) is 6.07 Å². The molecule has 0 aliphatic carbocycles. The Bertz CT molecular complexity index is 355. The van der Waals surface area contributed by atoms with E-state index in [1.54, 1.807) is 0 Å². The molecule has 0 radical (unpaired) electrons. The second kappa shape index (κ2) is 3.99. The van der Waals surface area contributed by atoms with Crippen LogP contribution < -0.4 is 11.5 Å². The number of aliphatic hydroxyl groups excluding tert-OH is 1. The first kappa shape index (κ1) is 10.4. The molecule has 0 saturated heterocycles. The third-order valence-corrected chi connectivity index (χ3v) is 1.69. The maximum absolute atomic E-state index is 10.3.